The second-order valence-electron chi connectivity index (χ2n) is 7.46. The van der Waals surface area contributed by atoms with Crippen LogP contribution in [-0.4, -0.2) is 19.5 Å². The molecule has 0 unspecified atom stereocenters. The van der Waals surface area contributed by atoms with E-state index in [0.717, 1.165) is 29.4 Å². The molecule has 0 amide bonds. The summed E-state index contributed by atoms with van der Waals surface area (Å²) in [5.74, 6) is 1.23. The normalized spacial score (nSPS) is 14.8. The van der Waals surface area contributed by atoms with E-state index < -0.39 is 0 Å². The van der Waals surface area contributed by atoms with Gasteiger partial charge in [0.15, 0.2) is 5.82 Å². The summed E-state index contributed by atoms with van der Waals surface area (Å²) in [6, 6.07) is 14.6. The molecule has 0 saturated heterocycles. The Bertz CT molecular complexity index is 1130. The fourth-order valence-electron chi connectivity index (χ4n) is 4.41. The molecule has 4 aromatic rings. The van der Waals surface area contributed by atoms with Crippen molar-refractivity contribution in [1.82, 2.24) is 19.5 Å². The SMILES string of the molecule is C[C@H](c1ccccc1)n1c2c(c3c(N)nc(-c4ccncc4)nc31)CCCC2. The van der Waals surface area contributed by atoms with Crippen LogP contribution in [0, 0.1) is 0 Å². The maximum absolute atomic E-state index is 6.49. The van der Waals surface area contributed by atoms with Gasteiger partial charge in [-0.25, -0.2) is 9.97 Å². The van der Waals surface area contributed by atoms with Crippen LogP contribution in [-0.2, 0) is 12.8 Å². The van der Waals surface area contributed by atoms with Gasteiger partial charge in [-0.3, -0.25) is 4.98 Å². The molecular formula is C23H23N5. The Morgan fingerprint density at radius 1 is 0.964 bits per heavy atom. The van der Waals surface area contributed by atoms with Gasteiger partial charge in [-0.05, 0) is 55.9 Å². The van der Waals surface area contributed by atoms with Gasteiger partial charge in [-0.2, -0.15) is 0 Å². The standard InChI is InChI=1S/C23H23N5/c1-15(16-7-3-2-4-8-16)28-19-10-6-5-9-18(19)20-21(24)26-22(27-23(20)28)17-11-13-25-14-12-17/h2-4,7-8,11-15H,5-6,9-10H2,1H3,(H2,24,26,27)/t15-/m1/s1. The smallest absolute Gasteiger partial charge is 0.164 e. The summed E-state index contributed by atoms with van der Waals surface area (Å²) in [5.41, 5.74) is 12.3. The van der Waals surface area contributed by atoms with Gasteiger partial charge in [-0.1, -0.05) is 30.3 Å². The average molecular weight is 369 g/mol. The number of nitrogen functional groups attached to an aromatic ring is 1. The van der Waals surface area contributed by atoms with E-state index in [4.69, 9.17) is 10.7 Å². The summed E-state index contributed by atoms with van der Waals surface area (Å²) >= 11 is 0. The third-order valence-electron chi connectivity index (χ3n) is 5.79. The van der Waals surface area contributed by atoms with E-state index in [-0.39, 0.29) is 6.04 Å². The number of nitrogens with zero attached hydrogens (tertiary/aromatic N) is 4. The lowest BCUT2D eigenvalue weighted by Crippen LogP contribution is -2.13. The molecule has 5 heteroatoms. The maximum Gasteiger partial charge on any atom is 0.164 e. The third-order valence-corrected chi connectivity index (χ3v) is 5.79. The van der Waals surface area contributed by atoms with Gasteiger partial charge in [0.25, 0.3) is 0 Å². The minimum Gasteiger partial charge on any atom is -0.383 e. The second-order valence-corrected chi connectivity index (χ2v) is 7.46. The third kappa shape index (κ3) is 2.66. The van der Waals surface area contributed by atoms with E-state index in [2.05, 4.69) is 51.8 Å². The molecule has 28 heavy (non-hydrogen) atoms. The first-order valence-electron chi connectivity index (χ1n) is 9.88. The molecule has 0 radical (unpaired) electrons. The van der Waals surface area contributed by atoms with E-state index in [9.17, 15) is 0 Å². The largest absolute Gasteiger partial charge is 0.383 e. The summed E-state index contributed by atoms with van der Waals surface area (Å²) in [6.07, 6.45) is 8.02. The summed E-state index contributed by atoms with van der Waals surface area (Å²) in [6.45, 7) is 2.24. The van der Waals surface area contributed by atoms with Crippen LogP contribution in [0.15, 0.2) is 54.9 Å². The van der Waals surface area contributed by atoms with Crippen LogP contribution in [0.4, 0.5) is 5.82 Å². The fraction of sp³-hybridized carbons (Fsp3) is 0.261. The first-order chi connectivity index (χ1) is 13.7. The molecule has 2 N–H and O–H groups in total. The monoisotopic (exact) mass is 369 g/mol. The van der Waals surface area contributed by atoms with Gasteiger partial charge in [0.2, 0.25) is 0 Å². The molecule has 1 atom stereocenters. The molecule has 5 rings (SSSR count). The lowest BCUT2D eigenvalue weighted by molar-refractivity contribution is 0.581. The highest BCUT2D eigenvalue weighted by Crippen LogP contribution is 2.38. The van der Waals surface area contributed by atoms with Gasteiger partial charge in [0.05, 0.1) is 11.4 Å². The van der Waals surface area contributed by atoms with Crippen LogP contribution < -0.4 is 5.73 Å². The highest BCUT2D eigenvalue weighted by atomic mass is 15.1. The van der Waals surface area contributed by atoms with Crippen molar-refractivity contribution in [3.8, 4) is 11.4 Å². The minimum absolute atomic E-state index is 0.185. The minimum atomic E-state index is 0.185. The number of nitrogens with two attached hydrogens (primary N) is 1. The van der Waals surface area contributed by atoms with E-state index in [1.807, 2.05) is 12.1 Å². The molecule has 140 valence electrons. The fourth-order valence-corrected chi connectivity index (χ4v) is 4.41. The predicted octanol–water partition coefficient (Wildman–Crippen LogP) is 4.56. The highest BCUT2D eigenvalue weighted by Gasteiger charge is 2.26. The number of rotatable bonds is 3. The summed E-state index contributed by atoms with van der Waals surface area (Å²) in [5, 5.41) is 1.04. The number of pyridine rings is 1. The molecule has 3 aromatic heterocycles. The van der Waals surface area contributed by atoms with Crippen LogP contribution in [0.3, 0.4) is 0 Å². The predicted molar refractivity (Wildman–Crippen MR) is 112 cm³/mol. The zero-order valence-electron chi connectivity index (χ0n) is 16.0. The number of fused-ring (bicyclic) bond motifs is 3. The van der Waals surface area contributed by atoms with E-state index in [1.54, 1.807) is 12.4 Å². The van der Waals surface area contributed by atoms with Gasteiger partial charge in [0, 0.05) is 23.7 Å². The zero-order chi connectivity index (χ0) is 19.1. The van der Waals surface area contributed by atoms with Crippen molar-refractivity contribution in [2.24, 2.45) is 0 Å². The van der Waals surface area contributed by atoms with E-state index in [0.29, 0.717) is 11.6 Å². The van der Waals surface area contributed by atoms with Crippen molar-refractivity contribution in [1.29, 1.82) is 0 Å². The van der Waals surface area contributed by atoms with Crippen LogP contribution in [0.5, 0.6) is 0 Å². The molecule has 0 bridgehead atoms. The Morgan fingerprint density at radius 2 is 1.71 bits per heavy atom. The van der Waals surface area contributed by atoms with Crippen molar-refractivity contribution in [2.75, 3.05) is 5.73 Å². The van der Waals surface area contributed by atoms with Gasteiger partial charge in [0.1, 0.15) is 11.5 Å². The number of hydrogen-bond donors (Lipinski definition) is 1. The molecule has 0 saturated carbocycles. The molecule has 3 heterocycles. The number of aromatic nitrogens is 4. The first-order valence-corrected chi connectivity index (χ1v) is 9.88. The average Bonchev–Trinajstić information content (AvgIpc) is 3.09. The topological polar surface area (TPSA) is 69.6 Å². The number of anilines is 1. The number of benzene rings is 1. The summed E-state index contributed by atoms with van der Waals surface area (Å²) in [7, 11) is 0. The lowest BCUT2D eigenvalue weighted by Gasteiger charge is -2.21. The Kier molecular flexibility index (Phi) is 4.08. The number of hydrogen-bond acceptors (Lipinski definition) is 4. The van der Waals surface area contributed by atoms with Crippen molar-refractivity contribution in [3.05, 3.63) is 71.7 Å². The van der Waals surface area contributed by atoms with Crippen LogP contribution in [0.1, 0.15) is 42.6 Å². The summed E-state index contributed by atoms with van der Waals surface area (Å²) < 4.78 is 2.39. The molecule has 0 fully saturated rings. The van der Waals surface area contributed by atoms with Gasteiger partial charge >= 0.3 is 0 Å². The van der Waals surface area contributed by atoms with Crippen molar-refractivity contribution >= 4 is 16.9 Å². The van der Waals surface area contributed by atoms with E-state index in [1.165, 1.54) is 29.7 Å². The highest BCUT2D eigenvalue weighted by molar-refractivity contribution is 5.93. The zero-order valence-corrected chi connectivity index (χ0v) is 16.0. The molecule has 1 aliphatic rings. The Hall–Kier alpha value is -3.21. The molecule has 5 nitrogen and oxygen atoms in total. The Morgan fingerprint density at radius 3 is 2.50 bits per heavy atom. The van der Waals surface area contributed by atoms with E-state index >= 15 is 0 Å². The molecule has 1 aliphatic carbocycles. The van der Waals surface area contributed by atoms with Crippen molar-refractivity contribution < 1.29 is 0 Å². The molecule has 0 aliphatic heterocycles. The molecule has 1 aromatic carbocycles. The maximum atomic E-state index is 6.49. The summed E-state index contributed by atoms with van der Waals surface area (Å²) in [4.78, 5) is 13.8. The van der Waals surface area contributed by atoms with Crippen LogP contribution >= 0.6 is 0 Å². The van der Waals surface area contributed by atoms with Gasteiger partial charge in [-0.15, -0.1) is 0 Å². The Balaban J connectivity index is 1.79. The van der Waals surface area contributed by atoms with Crippen LogP contribution in [0.2, 0.25) is 0 Å². The first kappa shape index (κ1) is 16.9. The quantitative estimate of drug-likeness (QED) is 0.574. The van der Waals surface area contributed by atoms with Crippen molar-refractivity contribution in [2.45, 2.75) is 38.6 Å². The second kappa shape index (κ2) is 6.75. The number of aryl methyl sites for hydroxylation is 1. The molecular weight excluding hydrogens is 346 g/mol. The Labute approximate surface area is 164 Å². The lowest BCUT2D eigenvalue weighted by atomic mass is 9.95. The van der Waals surface area contributed by atoms with Crippen LogP contribution in [0.25, 0.3) is 22.4 Å². The molecule has 0 spiro atoms. The van der Waals surface area contributed by atoms with Crippen molar-refractivity contribution in [3.63, 3.8) is 0 Å². The van der Waals surface area contributed by atoms with Gasteiger partial charge < -0.3 is 10.3 Å².